The monoisotopic (exact) mass is 458 g/mol. The van der Waals surface area contributed by atoms with Crippen LogP contribution in [0.1, 0.15) is 41.9 Å². The first kappa shape index (κ1) is 21.6. The van der Waals surface area contributed by atoms with E-state index in [-0.39, 0.29) is 5.41 Å². The van der Waals surface area contributed by atoms with Crippen molar-refractivity contribution in [2.75, 3.05) is 0 Å². The summed E-state index contributed by atoms with van der Waals surface area (Å²) in [6.45, 7) is 11.0. The molecule has 0 spiro atoms. The summed E-state index contributed by atoms with van der Waals surface area (Å²) in [7, 11) is 0. The third-order valence-corrected chi connectivity index (χ3v) is 7.00. The molecule has 8 bridgehead atoms. The summed E-state index contributed by atoms with van der Waals surface area (Å²) in [5.41, 5.74) is 12.4. The van der Waals surface area contributed by atoms with E-state index in [2.05, 4.69) is 111 Å². The molecule has 2 aliphatic heterocycles. The van der Waals surface area contributed by atoms with Gasteiger partial charge in [0, 0.05) is 45.2 Å². The van der Waals surface area contributed by atoms with E-state index in [1.165, 1.54) is 22.3 Å². The molecule has 0 radical (unpaired) electrons. The van der Waals surface area contributed by atoms with Crippen LogP contribution < -0.4 is 10.7 Å². The Bertz CT molecular complexity index is 1760. The summed E-state index contributed by atoms with van der Waals surface area (Å²) in [5, 5.41) is 2.00. The van der Waals surface area contributed by atoms with Crippen LogP contribution in [0.3, 0.4) is 0 Å². The predicted molar refractivity (Wildman–Crippen MR) is 146 cm³/mol. The van der Waals surface area contributed by atoms with Crippen molar-refractivity contribution in [2.45, 2.75) is 46.5 Å². The van der Waals surface area contributed by atoms with Crippen molar-refractivity contribution in [3.05, 3.63) is 93.4 Å². The first-order valence-electron chi connectivity index (χ1n) is 12.2. The number of hydrogen-bond donors (Lipinski definition) is 2. The van der Waals surface area contributed by atoms with Gasteiger partial charge < -0.3 is 9.97 Å². The smallest absolute Gasteiger partial charge is 0.0696 e. The van der Waals surface area contributed by atoms with Crippen molar-refractivity contribution in [1.29, 1.82) is 0 Å². The molecule has 4 nitrogen and oxygen atoms in total. The lowest BCUT2D eigenvalue weighted by Crippen LogP contribution is -2.09. The van der Waals surface area contributed by atoms with Gasteiger partial charge in [-0.05, 0) is 86.0 Å². The molecule has 0 fully saturated rings. The Kier molecular flexibility index (Phi) is 4.82. The van der Waals surface area contributed by atoms with E-state index in [1.54, 1.807) is 0 Å². The summed E-state index contributed by atoms with van der Waals surface area (Å²) in [6, 6.07) is 19.5. The summed E-state index contributed by atoms with van der Waals surface area (Å²) in [4.78, 5) is 17.3. The topological polar surface area (TPSA) is 57.4 Å². The standard InChI is InChI=1S/C31H30N4/c1-18-12-19(2)29(20(3)13-18)30-26-10-8-22(33-26)14-21-6-7-24(32-21)16-28-31(4,5)17-25(35-28)15-23-9-11-27(30)34-23/h6-7,9-17,32,34H,8H2,1-5H3. The molecule has 0 atom stereocenters. The molecule has 1 aromatic carbocycles. The molecule has 0 unspecified atom stereocenters. The van der Waals surface area contributed by atoms with Crippen molar-refractivity contribution >= 4 is 34.2 Å². The average molecular weight is 459 g/mol. The number of hydrogen-bond acceptors (Lipinski definition) is 2. The first-order valence-corrected chi connectivity index (χ1v) is 12.2. The number of H-pyrrole nitrogens is 2. The van der Waals surface area contributed by atoms with E-state index in [0.717, 1.165) is 56.1 Å². The first-order chi connectivity index (χ1) is 16.7. The summed E-state index contributed by atoms with van der Waals surface area (Å²) >= 11 is 0. The van der Waals surface area contributed by atoms with E-state index in [4.69, 9.17) is 9.97 Å². The van der Waals surface area contributed by atoms with Crippen molar-refractivity contribution < 1.29 is 0 Å². The summed E-state index contributed by atoms with van der Waals surface area (Å²) in [6.07, 6.45) is 5.30. The largest absolute Gasteiger partial charge is 0.355 e. The Balaban J connectivity index is 1.77. The van der Waals surface area contributed by atoms with Crippen LogP contribution in [0.2, 0.25) is 0 Å². The Morgan fingerprint density at radius 1 is 0.743 bits per heavy atom. The van der Waals surface area contributed by atoms with Crippen LogP contribution in [-0.4, -0.2) is 19.9 Å². The lowest BCUT2D eigenvalue weighted by Gasteiger charge is -2.13. The highest BCUT2D eigenvalue weighted by molar-refractivity contribution is 5.85. The predicted octanol–water partition coefficient (Wildman–Crippen LogP) is 5.69. The van der Waals surface area contributed by atoms with Gasteiger partial charge >= 0.3 is 0 Å². The van der Waals surface area contributed by atoms with Crippen molar-refractivity contribution in [3.63, 3.8) is 0 Å². The Labute approximate surface area is 205 Å². The number of nitrogens with zero attached hydrogens (tertiary/aromatic N) is 2. The molecule has 6 rings (SSSR count). The molecule has 0 saturated carbocycles. The zero-order valence-electron chi connectivity index (χ0n) is 21.0. The zero-order chi connectivity index (χ0) is 24.3. The van der Waals surface area contributed by atoms with E-state index in [0.29, 0.717) is 0 Å². The van der Waals surface area contributed by atoms with Gasteiger partial charge in [-0.25, -0.2) is 0 Å². The summed E-state index contributed by atoms with van der Waals surface area (Å²) in [5.74, 6) is 0. The molecule has 5 heterocycles. The minimum atomic E-state index is -0.133. The third kappa shape index (κ3) is 3.89. The average Bonchev–Trinajstić information content (AvgIpc) is 3.55. The highest BCUT2D eigenvalue weighted by atomic mass is 14.8. The van der Waals surface area contributed by atoms with Crippen LogP contribution in [-0.2, 0) is 11.8 Å². The lowest BCUT2D eigenvalue weighted by molar-refractivity contribution is 0.706. The molecule has 4 aromatic rings. The van der Waals surface area contributed by atoms with Gasteiger partial charge in [0.25, 0.3) is 0 Å². The van der Waals surface area contributed by atoms with Crippen LogP contribution in [0, 0.1) is 20.8 Å². The van der Waals surface area contributed by atoms with Crippen LogP contribution in [0.5, 0.6) is 0 Å². The highest BCUT2D eigenvalue weighted by Gasteiger charge is 2.22. The van der Waals surface area contributed by atoms with E-state index >= 15 is 0 Å². The summed E-state index contributed by atoms with van der Waals surface area (Å²) < 4.78 is 0. The quantitative estimate of drug-likeness (QED) is 0.385. The molecular formula is C31H30N4. The van der Waals surface area contributed by atoms with E-state index in [1.807, 2.05) is 0 Å². The lowest BCUT2D eigenvalue weighted by atomic mass is 9.90. The number of aryl methyl sites for hydroxylation is 3. The van der Waals surface area contributed by atoms with Gasteiger partial charge in [0.15, 0.2) is 0 Å². The minimum absolute atomic E-state index is 0.133. The SMILES string of the molecule is Cc1cc(C)c(-c2c3nc(cc4ccc(cc5nc(cc6ccc2[nH]6)=CC5(C)C)[nH]4)CC=3)c(C)c1. The second-order valence-corrected chi connectivity index (χ2v) is 10.5. The van der Waals surface area contributed by atoms with Gasteiger partial charge in [-0.2, -0.15) is 0 Å². The van der Waals surface area contributed by atoms with Crippen LogP contribution in [0.15, 0.2) is 54.6 Å². The maximum Gasteiger partial charge on any atom is 0.0696 e. The molecule has 2 N–H and O–H groups in total. The molecular weight excluding hydrogens is 428 g/mol. The van der Waals surface area contributed by atoms with Crippen molar-refractivity contribution in [3.8, 4) is 11.1 Å². The number of benzene rings is 1. The molecule has 2 aliphatic rings. The van der Waals surface area contributed by atoms with Gasteiger partial charge in [-0.15, -0.1) is 0 Å². The second-order valence-electron chi connectivity index (χ2n) is 10.5. The van der Waals surface area contributed by atoms with Crippen LogP contribution in [0.25, 0.3) is 45.3 Å². The van der Waals surface area contributed by atoms with Gasteiger partial charge in [-0.3, -0.25) is 9.97 Å². The number of fused-ring (bicyclic) bond motifs is 8. The Morgan fingerprint density at radius 3 is 2.20 bits per heavy atom. The van der Waals surface area contributed by atoms with Gasteiger partial charge in [0.05, 0.1) is 16.4 Å². The molecule has 4 heteroatoms. The highest BCUT2D eigenvalue weighted by Crippen LogP contribution is 2.29. The Hall–Kier alpha value is -3.92. The number of aromatic amines is 2. The fourth-order valence-corrected chi connectivity index (χ4v) is 5.45. The number of aromatic nitrogens is 4. The Morgan fingerprint density at radius 2 is 1.43 bits per heavy atom. The van der Waals surface area contributed by atoms with Gasteiger partial charge in [0.1, 0.15) is 0 Å². The maximum absolute atomic E-state index is 5.10. The van der Waals surface area contributed by atoms with Crippen molar-refractivity contribution in [1.82, 2.24) is 19.9 Å². The third-order valence-electron chi connectivity index (χ3n) is 7.00. The molecule has 0 aliphatic carbocycles. The van der Waals surface area contributed by atoms with Crippen molar-refractivity contribution in [2.24, 2.45) is 0 Å². The maximum atomic E-state index is 5.10. The molecule has 0 amide bonds. The minimum Gasteiger partial charge on any atom is -0.355 e. The fourth-order valence-electron chi connectivity index (χ4n) is 5.45. The fraction of sp³-hybridized carbons (Fsp3) is 0.226. The molecule has 35 heavy (non-hydrogen) atoms. The van der Waals surface area contributed by atoms with Gasteiger partial charge in [0.2, 0.25) is 0 Å². The van der Waals surface area contributed by atoms with E-state index in [9.17, 15) is 0 Å². The normalized spacial score (nSPS) is 14.4. The number of rotatable bonds is 1. The van der Waals surface area contributed by atoms with Gasteiger partial charge in [-0.1, -0.05) is 37.6 Å². The van der Waals surface area contributed by atoms with E-state index < -0.39 is 0 Å². The number of nitrogens with one attached hydrogen (secondary N) is 2. The van der Waals surface area contributed by atoms with Crippen LogP contribution in [0.4, 0.5) is 0 Å². The van der Waals surface area contributed by atoms with Crippen LogP contribution >= 0.6 is 0 Å². The zero-order valence-corrected chi connectivity index (χ0v) is 21.0. The molecule has 174 valence electrons. The molecule has 0 saturated heterocycles. The second kappa shape index (κ2) is 7.81. The molecule has 3 aromatic heterocycles.